The number of carboxylic acid groups (broad SMARTS) is 1. The van der Waals surface area contributed by atoms with Crippen LogP contribution in [-0.2, 0) is 6.42 Å². The summed E-state index contributed by atoms with van der Waals surface area (Å²) in [6, 6.07) is 31.2. The second-order valence-corrected chi connectivity index (χ2v) is 19.7. The van der Waals surface area contributed by atoms with Crippen molar-refractivity contribution in [3.8, 4) is 5.00 Å². The maximum absolute atomic E-state index is 11.9. The molecule has 2 saturated heterocycles. The van der Waals surface area contributed by atoms with E-state index in [9.17, 15) is 15.0 Å². The van der Waals surface area contributed by atoms with E-state index in [1.54, 1.807) is 17.4 Å². The number of aliphatic hydroxyl groups is 1. The Bertz CT molecular complexity index is 2790. The number of rotatable bonds is 8. The van der Waals surface area contributed by atoms with Gasteiger partial charge in [0, 0.05) is 78.2 Å². The average molecular weight is 893 g/mol. The SMILES string of the molecule is Cc1sc2c(c1C)C(c1ccc(N3CCC(O)(CN4CCN(c5ccc(C6=C(c7ccc(Cl)cc7)CCCc7cc(C(=O)O)ccc76)cc5)CC4)CC3)cc1)=N[C@@H](C)c1nnc(C)n1-2. The zero-order chi connectivity index (χ0) is 44.3. The van der Waals surface area contributed by atoms with E-state index < -0.39 is 11.6 Å². The lowest BCUT2D eigenvalue weighted by atomic mass is 9.87. The molecule has 0 spiro atoms. The van der Waals surface area contributed by atoms with Crippen LogP contribution in [0.25, 0.3) is 16.1 Å². The number of nitrogens with zero attached hydrogens (tertiary/aromatic N) is 7. The van der Waals surface area contributed by atoms with E-state index in [0.29, 0.717) is 17.1 Å². The van der Waals surface area contributed by atoms with Crippen LogP contribution in [0.15, 0.2) is 96.0 Å². The third kappa shape index (κ3) is 7.97. The predicted octanol–water partition coefficient (Wildman–Crippen LogP) is 9.97. The molecule has 10 nitrogen and oxygen atoms in total. The second kappa shape index (κ2) is 17.1. The van der Waals surface area contributed by atoms with E-state index in [2.05, 4.69) is 111 Å². The van der Waals surface area contributed by atoms with Crippen LogP contribution in [0.5, 0.6) is 0 Å². The molecule has 328 valence electrons. The first-order valence-corrected chi connectivity index (χ1v) is 23.7. The fraction of sp³-hybridized carbons (Fsp3) is 0.346. The molecule has 1 aliphatic carbocycles. The molecule has 64 heavy (non-hydrogen) atoms. The van der Waals surface area contributed by atoms with Gasteiger partial charge in [-0.1, -0.05) is 54.1 Å². The number of hydrogen-bond acceptors (Lipinski definition) is 9. The maximum Gasteiger partial charge on any atom is 0.335 e. The Morgan fingerprint density at radius 1 is 0.797 bits per heavy atom. The van der Waals surface area contributed by atoms with Crippen LogP contribution in [0.1, 0.15) is 104 Å². The molecular formula is C52H54ClN7O3S. The van der Waals surface area contributed by atoms with Gasteiger partial charge in [-0.25, -0.2) is 4.79 Å². The Balaban J connectivity index is 0.780. The van der Waals surface area contributed by atoms with Crippen molar-refractivity contribution in [1.29, 1.82) is 0 Å². The normalized spacial score (nSPS) is 18.8. The minimum atomic E-state index is -0.903. The average Bonchev–Trinajstić information content (AvgIpc) is 3.70. The number of allylic oxidation sites excluding steroid dienone is 1. The van der Waals surface area contributed by atoms with Gasteiger partial charge in [0.2, 0.25) is 0 Å². The van der Waals surface area contributed by atoms with Gasteiger partial charge in [-0.2, -0.15) is 0 Å². The number of thiophene rings is 1. The third-order valence-corrected chi connectivity index (χ3v) is 15.4. The molecule has 0 radical (unpaired) electrons. The van der Waals surface area contributed by atoms with Crippen LogP contribution in [0.4, 0.5) is 11.4 Å². The first kappa shape index (κ1) is 42.4. The summed E-state index contributed by atoms with van der Waals surface area (Å²) in [5.41, 5.74) is 13.3. The molecule has 4 aliphatic rings. The molecule has 2 N–H and O–H groups in total. The summed E-state index contributed by atoms with van der Waals surface area (Å²) >= 11 is 8.08. The zero-order valence-electron chi connectivity index (χ0n) is 36.9. The van der Waals surface area contributed by atoms with Crippen molar-refractivity contribution in [3.63, 3.8) is 0 Å². The van der Waals surface area contributed by atoms with Crippen LogP contribution in [0, 0.1) is 20.8 Å². The lowest BCUT2D eigenvalue weighted by Gasteiger charge is -2.44. The minimum absolute atomic E-state index is 0.118. The Kier molecular flexibility index (Phi) is 11.3. The molecule has 2 aromatic heterocycles. The van der Waals surface area contributed by atoms with Crippen molar-refractivity contribution in [1.82, 2.24) is 19.7 Å². The van der Waals surface area contributed by atoms with Crippen LogP contribution in [0.3, 0.4) is 0 Å². The molecule has 4 aromatic carbocycles. The highest BCUT2D eigenvalue weighted by atomic mass is 35.5. The van der Waals surface area contributed by atoms with Gasteiger partial charge in [0.25, 0.3) is 0 Å². The van der Waals surface area contributed by atoms with Gasteiger partial charge < -0.3 is 20.0 Å². The Morgan fingerprint density at radius 3 is 2.11 bits per heavy atom. The van der Waals surface area contributed by atoms with Crippen molar-refractivity contribution >= 4 is 57.1 Å². The van der Waals surface area contributed by atoms with Gasteiger partial charge in [-0.15, -0.1) is 21.5 Å². The number of fused-ring (bicyclic) bond motifs is 4. The zero-order valence-corrected chi connectivity index (χ0v) is 38.5. The molecule has 0 bridgehead atoms. The standard InChI is InChI=1S/C52H54ClN7O3S/c1-32-34(3)64-50-46(32)48(54-33(2)49-56-55-35(4)60(49)50)38-12-19-42(20-13-38)58-24-22-52(63,23-25-58)31-57-26-28-59(29-27-57)43-17-10-37(11-18-43)47-44(36-8-15-41(53)16-9-36)7-5-6-39-30-40(51(61)62)14-21-45(39)47/h8-21,30,33,63H,5-7,22-29,31H2,1-4H3,(H,61,62)/t33-/m0/s1. The van der Waals surface area contributed by atoms with Crippen LogP contribution >= 0.6 is 22.9 Å². The summed E-state index contributed by atoms with van der Waals surface area (Å²) in [7, 11) is 0. The minimum Gasteiger partial charge on any atom is -0.478 e. The van der Waals surface area contributed by atoms with E-state index in [-0.39, 0.29) is 6.04 Å². The maximum atomic E-state index is 11.9. The van der Waals surface area contributed by atoms with E-state index in [1.165, 1.54) is 33.0 Å². The lowest BCUT2D eigenvalue weighted by Crippen LogP contribution is -2.55. The van der Waals surface area contributed by atoms with Gasteiger partial charge in [-0.3, -0.25) is 14.5 Å². The lowest BCUT2D eigenvalue weighted by molar-refractivity contribution is -0.0173. The van der Waals surface area contributed by atoms with Gasteiger partial charge in [0.15, 0.2) is 5.82 Å². The molecule has 0 unspecified atom stereocenters. The van der Waals surface area contributed by atoms with Crippen molar-refractivity contribution in [2.24, 2.45) is 4.99 Å². The van der Waals surface area contributed by atoms with Gasteiger partial charge in [0.1, 0.15) is 16.9 Å². The van der Waals surface area contributed by atoms with Crippen molar-refractivity contribution in [2.75, 3.05) is 55.6 Å². The summed E-state index contributed by atoms with van der Waals surface area (Å²) in [6.07, 6.45) is 4.09. The molecule has 12 heteroatoms. The first-order chi connectivity index (χ1) is 30.9. The highest BCUT2D eigenvalue weighted by Crippen LogP contribution is 2.42. The first-order valence-electron chi connectivity index (χ1n) is 22.5. The third-order valence-electron chi connectivity index (χ3n) is 14.0. The number of hydrogen-bond donors (Lipinski definition) is 2. The number of anilines is 2. The summed E-state index contributed by atoms with van der Waals surface area (Å²) in [5, 5.41) is 32.4. The van der Waals surface area contributed by atoms with Crippen molar-refractivity contribution in [3.05, 3.63) is 157 Å². The second-order valence-electron chi connectivity index (χ2n) is 18.0. The smallest absolute Gasteiger partial charge is 0.335 e. The van der Waals surface area contributed by atoms with E-state index in [0.717, 1.165) is 127 Å². The molecule has 10 rings (SSSR count). The largest absolute Gasteiger partial charge is 0.478 e. The van der Waals surface area contributed by atoms with Gasteiger partial charge in [0.05, 0.1) is 16.9 Å². The van der Waals surface area contributed by atoms with Gasteiger partial charge in [-0.05, 0) is 147 Å². The number of halogens is 1. The highest BCUT2D eigenvalue weighted by Gasteiger charge is 2.36. The number of aliphatic imine (C=N–C) groups is 1. The number of benzene rings is 4. The Labute approximate surface area is 384 Å². The molecule has 5 heterocycles. The molecule has 0 saturated carbocycles. The number of carboxylic acids is 1. The van der Waals surface area contributed by atoms with Crippen molar-refractivity contribution in [2.45, 2.75) is 71.4 Å². The summed E-state index contributed by atoms with van der Waals surface area (Å²) in [4.78, 5) is 25.7. The number of piperidine rings is 1. The fourth-order valence-corrected chi connectivity index (χ4v) is 11.6. The van der Waals surface area contributed by atoms with Gasteiger partial charge >= 0.3 is 5.97 Å². The Morgan fingerprint density at radius 2 is 1.44 bits per heavy atom. The quantitative estimate of drug-likeness (QED) is 0.156. The van der Waals surface area contributed by atoms with E-state index in [1.807, 2.05) is 31.2 Å². The summed E-state index contributed by atoms with van der Waals surface area (Å²) in [5.74, 6) is 0.856. The molecule has 1 atom stereocenters. The molecule has 2 fully saturated rings. The number of aromatic nitrogens is 3. The van der Waals surface area contributed by atoms with Crippen LogP contribution in [0.2, 0.25) is 5.02 Å². The van der Waals surface area contributed by atoms with E-state index in [4.69, 9.17) is 16.6 Å². The number of aromatic carboxylic acids is 1. The molecule has 3 aliphatic heterocycles. The van der Waals surface area contributed by atoms with Crippen LogP contribution in [-0.4, -0.2) is 93.0 Å². The molecule has 6 aromatic rings. The number of carbonyl (C=O) groups is 1. The topological polar surface area (TPSA) is 110 Å². The molecule has 0 amide bonds. The number of β-amino-alcohol motifs (C(OH)–C–C–N with tert-alkyl or cyclic N) is 1. The molecular weight excluding hydrogens is 838 g/mol. The predicted molar refractivity (Wildman–Crippen MR) is 259 cm³/mol. The van der Waals surface area contributed by atoms with Crippen LogP contribution < -0.4 is 9.80 Å². The Hall–Kier alpha value is -5.59. The fourth-order valence-electron chi connectivity index (χ4n) is 10.3. The summed E-state index contributed by atoms with van der Waals surface area (Å²) in [6.45, 7) is 14.3. The monoisotopic (exact) mass is 891 g/mol. The number of piperazine rings is 1. The highest BCUT2D eigenvalue weighted by molar-refractivity contribution is 7.15. The number of aryl methyl sites for hydroxylation is 3. The van der Waals surface area contributed by atoms with E-state index >= 15 is 0 Å². The van der Waals surface area contributed by atoms with Crippen molar-refractivity contribution < 1.29 is 15.0 Å². The summed E-state index contributed by atoms with van der Waals surface area (Å²) < 4.78 is 2.18.